The van der Waals surface area contributed by atoms with Gasteiger partial charge in [-0.05, 0) is 32.3 Å². The smallest absolute Gasteiger partial charge is 0.309 e. The second kappa shape index (κ2) is 9.30. The number of carboxylic acid groups (broad SMARTS) is 1. The van der Waals surface area contributed by atoms with Gasteiger partial charge < -0.3 is 19.7 Å². The zero-order valence-electron chi connectivity index (χ0n) is 18.7. The lowest BCUT2D eigenvalue weighted by Crippen LogP contribution is -2.22. The van der Waals surface area contributed by atoms with E-state index in [1.165, 1.54) is 32.4 Å². The number of methoxy groups -OCH3 is 1. The van der Waals surface area contributed by atoms with Crippen molar-refractivity contribution < 1.29 is 33.3 Å². The number of hydrogen-bond donors (Lipinski definition) is 2. The largest absolute Gasteiger partial charge is 0.481 e. The SMILES string of the molecule is COc1cc(-c2cnc(C3CCc4ccc([C@H](O)[C@H](C)C(=O)O)c(F)c4O3)c(C)n2)c(F)cn1. The van der Waals surface area contributed by atoms with E-state index in [1.54, 1.807) is 13.0 Å². The molecule has 178 valence electrons. The maximum atomic E-state index is 15.2. The van der Waals surface area contributed by atoms with Crippen molar-refractivity contribution >= 4 is 5.97 Å². The van der Waals surface area contributed by atoms with Crippen LogP contribution in [0.1, 0.15) is 48.1 Å². The van der Waals surface area contributed by atoms with Gasteiger partial charge in [0.2, 0.25) is 5.88 Å². The predicted molar refractivity (Wildman–Crippen MR) is 116 cm³/mol. The molecular formula is C24H23F2N3O5. The fourth-order valence-electron chi connectivity index (χ4n) is 3.91. The Morgan fingerprint density at radius 1 is 1.26 bits per heavy atom. The molecule has 34 heavy (non-hydrogen) atoms. The van der Waals surface area contributed by atoms with Gasteiger partial charge in [-0.1, -0.05) is 12.1 Å². The number of rotatable bonds is 6. The Morgan fingerprint density at radius 3 is 2.71 bits per heavy atom. The fraction of sp³-hybridized carbons (Fsp3) is 0.333. The van der Waals surface area contributed by atoms with Gasteiger partial charge in [0.05, 0.1) is 42.9 Å². The zero-order valence-corrected chi connectivity index (χ0v) is 18.7. The third-order valence-electron chi connectivity index (χ3n) is 5.93. The molecule has 3 heterocycles. The van der Waals surface area contributed by atoms with Gasteiger partial charge in [-0.25, -0.2) is 18.7 Å². The number of aliphatic carboxylic acids is 1. The molecule has 0 radical (unpaired) electrons. The highest BCUT2D eigenvalue weighted by atomic mass is 19.1. The Hall–Kier alpha value is -3.66. The van der Waals surface area contributed by atoms with Crippen LogP contribution in [0.2, 0.25) is 0 Å². The summed E-state index contributed by atoms with van der Waals surface area (Å²) in [6.45, 7) is 3.00. The minimum absolute atomic E-state index is 0.0411. The van der Waals surface area contributed by atoms with E-state index in [0.717, 1.165) is 6.20 Å². The van der Waals surface area contributed by atoms with E-state index in [0.29, 0.717) is 29.8 Å². The van der Waals surface area contributed by atoms with Crippen molar-refractivity contribution in [2.75, 3.05) is 7.11 Å². The molecular weight excluding hydrogens is 448 g/mol. The van der Waals surface area contributed by atoms with Crippen LogP contribution in [0.25, 0.3) is 11.3 Å². The summed E-state index contributed by atoms with van der Waals surface area (Å²) in [4.78, 5) is 23.9. The highest BCUT2D eigenvalue weighted by molar-refractivity contribution is 5.70. The highest BCUT2D eigenvalue weighted by Crippen LogP contribution is 2.40. The first-order valence-corrected chi connectivity index (χ1v) is 10.6. The highest BCUT2D eigenvalue weighted by Gasteiger charge is 2.32. The van der Waals surface area contributed by atoms with Gasteiger partial charge >= 0.3 is 5.97 Å². The van der Waals surface area contributed by atoms with Crippen LogP contribution in [0.5, 0.6) is 11.6 Å². The van der Waals surface area contributed by atoms with Crippen molar-refractivity contribution in [3.05, 3.63) is 64.7 Å². The molecule has 1 aliphatic heterocycles. The molecule has 4 rings (SSSR count). The molecule has 1 aromatic carbocycles. The topological polar surface area (TPSA) is 115 Å². The van der Waals surface area contributed by atoms with Crippen molar-refractivity contribution in [3.8, 4) is 22.9 Å². The van der Waals surface area contributed by atoms with Crippen molar-refractivity contribution in [1.82, 2.24) is 15.0 Å². The van der Waals surface area contributed by atoms with Crippen molar-refractivity contribution in [2.24, 2.45) is 5.92 Å². The van der Waals surface area contributed by atoms with Gasteiger partial charge in [0.15, 0.2) is 17.4 Å². The lowest BCUT2D eigenvalue weighted by atomic mass is 9.92. The number of pyridine rings is 1. The first kappa shape index (κ1) is 23.5. The summed E-state index contributed by atoms with van der Waals surface area (Å²) in [5, 5.41) is 19.5. The first-order chi connectivity index (χ1) is 16.2. The molecule has 1 aliphatic rings. The van der Waals surface area contributed by atoms with E-state index < -0.39 is 35.7 Å². The number of benzene rings is 1. The Bertz CT molecular complexity index is 1250. The Balaban J connectivity index is 1.64. The number of aliphatic hydroxyl groups is 1. The lowest BCUT2D eigenvalue weighted by Gasteiger charge is -2.28. The van der Waals surface area contributed by atoms with E-state index in [4.69, 9.17) is 14.6 Å². The average Bonchev–Trinajstić information content (AvgIpc) is 2.83. The molecule has 0 saturated carbocycles. The molecule has 0 fully saturated rings. The van der Waals surface area contributed by atoms with Crippen LogP contribution in [0.4, 0.5) is 8.78 Å². The molecule has 10 heteroatoms. The van der Waals surface area contributed by atoms with Gasteiger partial charge in [-0.3, -0.25) is 9.78 Å². The molecule has 0 amide bonds. The second-order valence-corrected chi connectivity index (χ2v) is 8.11. The molecule has 2 N–H and O–H groups in total. The summed E-state index contributed by atoms with van der Waals surface area (Å²) >= 11 is 0. The van der Waals surface area contributed by atoms with Crippen molar-refractivity contribution in [2.45, 2.75) is 38.9 Å². The van der Waals surface area contributed by atoms with Crippen molar-refractivity contribution in [1.29, 1.82) is 0 Å². The van der Waals surface area contributed by atoms with Crippen LogP contribution in [0.3, 0.4) is 0 Å². The van der Waals surface area contributed by atoms with Crippen LogP contribution < -0.4 is 9.47 Å². The second-order valence-electron chi connectivity index (χ2n) is 8.11. The van der Waals surface area contributed by atoms with E-state index in [9.17, 15) is 14.3 Å². The monoisotopic (exact) mass is 471 g/mol. The van der Waals surface area contributed by atoms with E-state index >= 15 is 4.39 Å². The normalized spacial score (nSPS) is 16.8. The Kier molecular flexibility index (Phi) is 6.43. The summed E-state index contributed by atoms with van der Waals surface area (Å²) in [5.41, 5.74) is 1.89. The molecule has 0 spiro atoms. The minimum atomic E-state index is -1.53. The number of fused-ring (bicyclic) bond motifs is 1. The quantitative estimate of drug-likeness (QED) is 0.555. The van der Waals surface area contributed by atoms with Crippen molar-refractivity contribution in [3.63, 3.8) is 0 Å². The van der Waals surface area contributed by atoms with Crippen LogP contribution >= 0.6 is 0 Å². The zero-order chi connectivity index (χ0) is 24.6. The number of aryl methyl sites for hydroxylation is 2. The van der Waals surface area contributed by atoms with E-state index in [2.05, 4.69) is 15.0 Å². The third-order valence-corrected chi connectivity index (χ3v) is 5.93. The number of carbonyl (C=O) groups is 1. The molecule has 3 aromatic rings. The summed E-state index contributed by atoms with van der Waals surface area (Å²) < 4.78 is 40.5. The first-order valence-electron chi connectivity index (χ1n) is 10.6. The molecule has 0 saturated heterocycles. The number of hydrogen-bond acceptors (Lipinski definition) is 7. The summed E-state index contributed by atoms with van der Waals surface area (Å²) in [7, 11) is 1.42. The predicted octanol–water partition coefficient (Wildman–Crippen LogP) is 3.95. The molecule has 2 aromatic heterocycles. The molecule has 1 unspecified atom stereocenters. The van der Waals surface area contributed by atoms with E-state index in [1.807, 2.05) is 0 Å². The Labute approximate surface area is 194 Å². The van der Waals surface area contributed by atoms with E-state index in [-0.39, 0.29) is 28.5 Å². The van der Waals surface area contributed by atoms with Crippen LogP contribution in [-0.2, 0) is 11.2 Å². The van der Waals surface area contributed by atoms with Crippen LogP contribution in [0, 0.1) is 24.5 Å². The summed E-state index contributed by atoms with van der Waals surface area (Å²) in [5.74, 6) is -3.61. The molecule has 8 nitrogen and oxygen atoms in total. The number of aromatic nitrogens is 3. The van der Waals surface area contributed by atoms with Gasteiger partial charge in [0.25, 0.3) is 0 Å². The van der Waals surface area contributed by atoms with Gasteiger partial charge in [0.1, 0.15) is 11.8 Å². The fourth-order valence-corrected chi connectivity index (χ4v) is 3.91. The molecule has 3 atom stereocenters. The Morgan fingerprint density at radius 2 is 2.03 bits per heavy atom. The molecule has 0 bridgehead atoms. The third kappa shape index (κ3) is 4.28. The number of ether oxygens (including phenoxy) is 2. The van der Waals surface area contributed by atoms with Gasteiger partial charge in [-0.15, -0.1) is 0 Å². The minimum Gasteiger partial charge on any atom is -0.481 e. The van der Waals surface area contributed by atoms with Gasteiger partial charge in [0, 0.05) is 17.2 Å². The summed E-state index contributed by atoms with van der Waals surface area (Å²) in [6, 6.07) is 4.44. The maximum absolute atomic E-state index is 15.2. The summed E-state index contributed by atoms with van der Waals surface area (Å²) in [6.07, 6.45) is 1.29. The maximum Gasteiger partial charge on any atom is 0.309 e. The molecule has 0 aliphatic carbocycles. The number of nitrogens with zero attached hydrogens (tertiary/aromatic N) is 3. The number of aliphatic hydroxyl groups excluding tert-OH is 1. The number of halogens is 2. The standard InChI is InChI=1S/C24H23F2N3O5/c1-11(24(31)32)22(30)14-6-4-13-5-7-18(34-23(13)20(14)26)21-12(2)29-17(10-28-21)15-8-19(33-3)27-9-16(15)25/h4,6,8-11,18,22,30H,5,7H2,1-3H3,(H,31,32)/t11-,18?,22+/m0/s1. The lowest BCUT2D eigenvalue weighted by molar-refractivity contribution is -0.145. The van der Waals surface area contributed by atoms with Crippen LogP contribution in [0.15, 0.2) is 30.6 Å². The average molecular weight is 471 g/mol. The number of carboxylic acids is 1. The van der Waals surface area contributed by atoms with Gasteiger partial charge in [-0.2, -0.15) is 0 Å². The van der Waals surface area contributed by atoms with Crippen LogP contribution in [-0.4, -0.2) is 38.2 Å².